The first-order valence-corrected chi connectivity index (χ1v) is 4.96. The molecule has 0 aliphatic carbocycles. The van der Waals surface area contributed by atoms with Crippen LogP contribution >= 0.6 is 0 Å². The molecule has 0 unspecified atom stereocenters. The zero-order valence-electron chi connectivity index (χ0n) is 6.14. The van der Waals surface area contributed by atoms with Crippen molar-refractivity contribution in [3.63, 3.8) is 0 Å². The van der Waals surface area contributed by atoms with Gasteiger partial charge in [0.25, 0.3) is 0 Å². The van der Waals surface area contributed by atoms with Crippen LogP contribution in [0.1, 0.15) is 0 Å². The van der Waals surface area contributed by atoms with Gasteiger partial charge in [0, 0.05) is 12.4 Å². The minimum atomic E-state index is -3.13. The molecule has 0 aromatic heterocycles. The van der Waals surface area contributed by atoms with Crippen molar-refractivity contribution in [2.75, 3.05) is 6.26 Å². The highest BCUT2D eigenvalue weighted by Gasteiger charge is 2.07. The van der Waals surface area contributed by atoms with Crippen LogP contribution in [0.15, 0.2) is 36.7 Å². The summed E-state index contributed by atoms with van der Waals surface area (Å²) in [7, 11) is -3.13. The lowest BCUT2D eigenvalue weighted by molar-refractivity contribution is 0.560. The van der Waals surface area contributed by atoms with Crippen LogP contribution in [0.5, 0.6) is 0 Å². The van der Waals surface area contributed by atoms with E-state index in [0.29, 0.717) is 0 Å². The summed E-state index contributed by atoms with van der Waals surface area (Å²) in [6, 6.07) is 0. The Kier molecular flexibility index (Phi) is 2.14. The van der Waals surface area contributed by atoms with E-state index in [1.807, 2.05) is 0 Å². The molecule has 1 aliphatic heterocycles. The Morgan fingerprint density at radius 1 is 1.00 bits per heavy atom. The number of allylic oxidation sites excluding steroid dienone is 4. The van der Waals surface area contributed by atoms with Gasteiger partial charge in [0.05, 0.1) is 6.26 Å². The van der Waals surface area contributed by atoms with Crippen LogP contribution in [0.2, 0.25) is 0 Å². The maximum absolute atomic E-state index is 10.9. The average Bonchev–Trinajstić information content (AvgIpc) is 2.10. The van der Waals surface area contributed by atoms with E-state index in [1.54, 1.807) is 24.3 Å². The molecule has 11 heavy (non-hydrogen) atoms. The molecule has 60 valence electrons. The summed E-state index contributed by atoms with van der Waals surface area (Å²) in [6.45, 7) is 0. The molecule has 0 bridgehead atoms. The van der Waals surface area contributed by atoms with Crippen molar-refractivity contribution in [1.82, 2.24) is 4.31 Å². The van der Waals surface area contributed by atoms with Crippen LogP contribution in [0.25, 0.3) is 0 Å². The zero-order chi connectivity index (χ0) is 8.32. The Hall–Kier alpha value is -1.03. The molecule has 0 saturated heterocycles. The van der Waals surface area contributed by atoms with Gasteiger partial charge in [-0.2, -0.15) is 0 Å². The second-order valence-electron chi connectivity index (χ2n) is 2.16. The lowest BCUT2D eigenvalue weighted by Crippen LogP contribution is -2.17. The highest BCUT2D eigenvalue weighted by atomic mass is 32.2. The van der Waals surface area contributed by atoms with E-state index in [-0.39, 0.29) is 0 Å². The number of hydrogen-bond donors (Lipinski definition) is 0. The molecule has 0 aromatic carbocycles. The minimum absolute atomic E-state index is 1.16. The highest BCUT2D eigenvalue weighted by Crippen LogP contribution is 2.03. The smallest absolute Gasteiger partial charge is 0.235 e. The quantitative estimate of drug-likeness (QED) is 0.586. The third-order valence-corrected chi connectivity index (χ3v) is 2.19. The number of nitrogens with zero attached hydrogens (tertiary/aromatic N) is 1. The molecule has 1 rings (SSSR count). The average molecular weight is 171 g/mol. The standard InChI is InChI=1S/C7H9NO2S/c1-11(9,10)8-6-4-2-3-5-7-8/h2-7H,1H3. The Morgan fingerprint density at radius 3 is 1.82 bits per heavy atom. The van der Waals surface area contributed by atoms with Gasteiger partial charge < -0.3 is 0 Å². The van der Waals surface area contributed by atoms with E-state index < -0.39 is 10.0 Å². The normalized spacial score (nSPS) is 17.0. The van der Waals surface area contributed by atoms with E-state index in [4.69, 9.17) is 0 Å². The van der Waals surface area contributed by atoms with E-state index >= 15 is 0 Å². The van der Waals surface area contributed by atoms with Gasteiger partial charge in [-0.3, -0.25) is 4.31 Å². The Bertz CT molecular complexity index is 295. The van der Waals surface area contributed by atoms with Crippen LogP contribution in [0, 0.1) is 0 Å². The number of sulfonamides is 1. The first-order valence-electron chi connectivity index (χ1n) is 3.11. The van der Waals surface area contributed by atoms with Crippen molar-refractivity contribution >= 4 is 10.0 Å². The fraction of sp³-hybridized carbons (Fsp3) is 0.143. The highest BCUT2D eigenvalue weighted by molar-refractivity contribution is 7.88. The molecule has 0 saturated carbocycles. The number of hydrogen-bond acceptors (Lipinski definition) is 2. The molecular weight excluding hydrogens is 162 g/mol. The zero-order valence-corrected chi connectivity index (χ0v) is 6.95. The molecule has 0 radical (unpaired) electrons. The molecule has 0 fully saturated rings. The van der Waals surface area contributed by atoms with Crippen LogP contribution < -0.4 is 0 Å². The molecule has 1 heterocycles. The summed E-state index contributed by atoms with van der Waals surface area (Å²) in [4.78, 5) is 0. The van der Waals surface area contributed by atoms with Gasteiger partial charge in [0.15, 0.2) is 0 Å². The van der Waals surface area contributed by atoms with Gasteiger partial charge in [-0.1, -0.05) is 12.2 Å². The second-order valence-corrected chi connectivity index (χ2v) is 4.05. The summed E-state index contributed by atoms with van der Waals surface area (Å²) in [6.07, 6.45) is 11.0. The van der Waals surface area contributed by atoms with Crippen LogP contribution in [-0.2, 0) is 10.0 Å². The van der Waals surface area contributed by atoms with Gasteiger partial charge >= 0.3 is 0 Å². The Balaban J connectivity index is 2.93. The predicted molar refractivity (Wildman–Crippen MR) is 44.1 cm³/mol. The van der Waals surface area contributed by atoms with Crippen molar-refractivity contribution in [3.8, 4) is 0 Å². The maximum atomic E-state index is 10.9. The summed E-state index contributed by atoms with van der Waals surface area (Å²) in [5.41, 5.74) is 0. The summed E-state index contributed by atoms with van der Waals surface area (Å²) in [5.74, 6) is 0. The van der Waals surface area contributed by atoms with Crippen LogP contribution in [0.4, 0.5) is 0 Å². The third kappa shape index (κ3) is 2.23. The summed E-state index contributed by atoms with van der Waals surface area (Å²) in [5, 5.41) is 0. The maximum Gasteiger partial charge on any atom is 0.235 e. The largest absolute Gasteiger partial charge is 0.253 e. The molecule has 4 heteroatoms. The first kappa shape index (κ1) is 8.07. The lowest BCUT2D eigenvalue weighted by Gasteiger charge is -2.10. The second kappa shape index (κ2) is 2.92. The van der Waals surface area contributed by atoms with Gasteiger partial charge in [-0.15, -0.1) is 0 Å². The molecule has 0 aromatic rings. The van der Waals surface area contributed by atoms with Crippen LogP contribution in [-0.4, -0.2) is 19.0 Å². The molecule has 0 atom stereocenters. The van der Waals surface area contributed by atoms with Crippen molar-refractivity contribution in [2.45, 2.75) is 0 Å². The number of rotatable bonds is 1. The SMILES string of the molecule is CS(=O)(=O)N1C=CC=CC=C1. The van der Waals surface area contributed by atoms with Gasteiger partial charge in [-0.05, 0) is 12.2 Å². The topological polar surface area (TPSA) is 37.4 Å². The third-order valence-electron chi connectivity index (χ3n) is 1.18. The van der Waals surface area contributed by atoms with E-state index in [0.717, 1.165) is 10.6 Å². The molecule has 0 spiro atoms. The molecule has 0 N–H and O–H groups in total. The van der Waals surface area contributed by atoms with Crippen LogP contribution in [0.3, 0.4) is 0 Å². The Labute approximate surface area is 66.4 Å². The van der Waals surface area contributed by atoms with E-state index in [1.165, 1.54) is 12.4 Å². The monoisotopic (exact) mass is 171 g/mol. The van der Waals surface area contributed by atoms with Gasteiger partial charge in [-0.25, -0.2) is 8.42 Å². The summed E-state index contributed by atoms with van der Waals surface area (Å²) >= 11 is 0. The fourth-order valence-electron chi connectivity index (χ4n) is 0.668. The molecule has 1 aliphatic rings. The van der Waals surface area contributed by atoms with E-state index in [2.05, 4.69) is 0 Å². The van der Waals surface area contributed by atoms with Gasteiger partial charge in [0.2, 0.25) is 10.0 Å². The predicted octanol–water partition coefficient (Wildman–Crippen LogP) is 0.845. The Morgan fingerprint density at radius 2 is 1.45 bits per heavy atom. The first-order chi connectivity index (χ1) is 5.11. The minimum Gasteiger partial charge on any atom is -0.253 e. The molecule has 3 nitrogen and oxygen atoms in total. The summed E-state index contributed by atoms with van der Waals surface area (Å²) < 4.78 is 23.0. The molecular formula is C7H9NO2S. The van der Waals surface area contributed by atoms with Crippen molar-refractivity contribution < 1.29 is 8.42 Å². The van der Waals surface area contributed by atoms with Gasteiger partial charge in [0.1, 0.15) is 0 Å². The van der Waals surface area contributed by atoms with Crippen molar-refractivity contribution in [1.29, 1.82) is 0 Å². The molecule has 0 amide bonds. The van der Waals surface area contributed by atoms with Crippen molar-refractivity contribution in [3.05, 3.63) is 36.7 Å². The van der Waals surface area contributed by atoms with E-state index in [9.17, 15) is 8.42 Å². The lowest BCUT2D eigenvalue weighted by atomic mass is 10.5. The van der Waals surface area contributed by atoms with Crippen molar-refractivity contribution in [2.24, 2.45) is 0 Å². The fourth-order valence-corrected chi connectivity index (χ4v) is 1.25.